The first-order valence-electron chi connectivity index (χ1n) is 13.3. The summed E-state index contributed by atoms with van der Waals surface area (Å²) in [5.74, 6) is -2.43. The molecule has 214 valence electrons. The van der Waals surface area contributed by atoms with Gasteiger partial charge in [-0.15, -0.1) is 0 Å². The molecule has 1 heterocycles. The smallest absolute Gasteiger partial charge is 0.335 e. The van der Waals surface area contributed by atoms with E-state index in [1.807, 2.05) is 56.3 Å². The largest absolute Gasteiger partial charge is 0.478 e. The number of benzene rings is 4. The molecule has 2 amide bonds. The number of carbonyl (C=O) groups is 4. The van der Waals surface area contributed by atoms with Crippen LogP contribution in [0.2, 0.25) is 0 Å². The average Bonchev–Trinajstić information content (AvgIpc) is 2.98. The summed E-state index contributed by atoms with van der Waals surface area (Å²) >= 11 is 0. The molecule has 1 aliphatic rings. The Bertz CT molecular complexity index is 1660. The van der Waals surface area contributed by atoms with Crippen molar-refractivity contribution in [2.24, 2.45) is 0 Å². The summed E-state index contributed by atoms with van der Waals surface area (Å²) in [4.78, 5) is 48.5. The van der Waals surface area contributed by atoms with Crippen molar-refractivity contribution in [3.8, 4) is 0 Å². The van der Waals surface area contributed by atoms with Gasteiger partial charge in [-0.05, 0) is 92.1 Å². The van der Waals surface area contributed by atoms with Gasteiger partial charge in [0.25, 0.3) is 11.8 Å². The Hall–Kier alpha value is -5.44. The number of amides is 2. The van der Waals surface area contributed by atoms with Crippen molar-refractivity contribution in [2.75, 3.05) is 28.6 Å². The van der Waals surface area contributed by atoms with E-state index >= 15 is 0 Å². The van der Waals surface area contributed by atoms with E-state index in [0.29, 0.717) is 35.5 Å². The molecular formula is C33H31N3O6. The third-order valence-electron chi connectivity index (χ3n) is 7.04. The van der Waals surface area contributed by atoms with Crippen molar-refractivity contribution >= 4 is 40.8 Å². The maximum atomic E-state index is 13.0. The van der Waals surface area contributed by atoms with E-state index < -0.39 is 11.9 Å². The monoisotopic (exact) mass is 565 g/mol. The summed E-state index contributed by atoms with van der Waals surface area (Å²) in [7, 11) is 0. The van der Waals surface area contributed by atoms with E-state index in [1.54, 1.807) is 36.1 Å². The molecule has 0 saturated heterocycles. The van der Waals surface area contributed by atoms with E-state index in [9.17, 15) is 19.2 Å². The molecule has 0 fully saturated rings. The van der Waals surface area contributed by atoms with Crippen LogP contribution in [0.25, 0.3) is 0 Å². The van der Waals surface area contributed by atoms with Gasteiger partial charge in [-0.3, -0.25) is 9.59 Å². The highest BCUT2D eigenvalue weighted by atomic mass is 16.4. The molecule has 0 spiro atoms. The first-order chi connectivity index (χ1) is 20.1. The molecule has 0 aliphatic carbocycles. The summed E-state index contributed by atoms with van der Waals surface area (Å²) in [5, 5.41) is 23.5. The van der Waals surface area contributed by atoms with E-state index in [4.69, 9.17) is 10.2 Å². The van der Waals surface area contributed by atoms with Crippen LogP contribution in [-0.4, -0.2) is 47.1 Å². The van der Waals surface area contributed by atoms with Crippen LogP contribution in [0.15, 0.2) is 84.9 Å². The minimum atomic E-state index is -1.12. The number of hydrogen-bond donors (Lipinski definition) is 4. The number of nitrogens with one attached hydrogen (secondary N) is 2. The minimum Gasteiger partial charge on any atom is -0.478 e. The Kier molecular flexibility index (Phi) is 9.02. The molecule has 5 rings (SSSR count). The van der Waals surface area contributed by atoms with Gasteiger partial charge >= 0.3 is 11.9 Å². The zero-order valence-electron chi connectivity index (χ0n) is 23.5. The van der Waals surface area contributed by atoms with Crippen molar-refractivity contribution in [1.82, 2.24) is 0 Å². The number of para-hydroxylation sites is 2. The lowest BCUT2D eigenvalue weighted by Crippen LogP contribution is -2.38. The maximum absolute atomic E-state index is 13.0. The number of aromatic carboxylic acids is 2. The second-order valence-corrected chi connectivity index (χ2v) is 9.82. The molecule has 0 aromatic heterocycles. The van der Waals surface area contributed by atoms with Crippen molar-refractivity contribution in [1.29, 1.82) is 0 Å². The maximum Gasteiger partial charge on any atom is 0.335 e. The number of rotatable bonds is 5. The highest BCUT2D eigenvalue weighted by molar-refractivity contribution is 6.09. The Labute approximate surface area is 243 Å². The fourth-order valence-corrected chi connectivity index (χ4v) is 4.53. The number of hydrogen-bond acceptors (Lipinski definition) is 5. The number of anilines is 3. The minimum absolute atomic E-state index is 0.0111. The van der Waals surface area contributed by atoms with Crippen LogP contribution in [0, 0.1) is 20.8 Å². The quantitative estimate of drug-likeness (QED) is 0.232. The standard InChI is InChI=1S/C24H23N3O2.C9H8O4/c1-16-6-5-7-20(17(16)2)23(28)26-19-12-10-18(11-13-19)24(29)27-15-14-25-21-8-3-4-9-22(21)27;1-5-2-3-6(8(10)11)4-7(5)9(12)13/h3-13,25H,14-15H2,1-2H3,(H,26,28);2-4H,1H3,(H,10,11)(H,12,13). The molecule has 0 atom stereocenters. The van der Waals surface area contributed by atoms with Gasteiger partial charge in [-0.1, -0.05) is 30.3 Å². The average molecular weight is 566 g/mol. The van der Waals surface area contributed by atoms with Crippen molar-refractivity contribution in [2.45, 2.75) is 20.8 Å². The Morgan fingerprint density at radius 2 is 1.43 bits per heavy atom. The lowest BCUT2D eigenvalue weighted by Gasteiger charge is -2.30. The summed E-state index contributed by atoms with van der Waals surface area (Å²) in [5.41, 5.74) is 6.37. The number of carboxylic acids is 2. The molecule has 4 N–H and O–H groups in total. The van der Waals surface area contributed by atoms with Crippen LogP contribution in [-0.2, 0) is 0 Å². The molecule has 0 radical (unpaired) electrons. The molecular weight excluding hydrogens is 534 g/mol. The van der Waals surface area contributed by atoms with Gasteiger partial charge in [0.2, 0.25) is 0 Å². The normalized spacial score (nSPS) is 11.7. The SMILES string of the molecule is Cc1ccc(C(=O)O)cc1C(=O)O.Cc1cccc(C(=O)Nc2ccc(C(=O)N3CCNc4ccccc43)cc2)c1C. The Morgan fingerprint density at radius 1 is 0.738 bits per heavy atom. The number of carboxylic acid groups (broad SMARTS) is 2. The van der Waals surface area contributed by atoms with Gasteiger partial charge in [-0.2, -0.15) is 0 Å². The zero-order valence-corrected chi connectivity index (χ0v) is 23.5. The van der Waals surface area contributed by atoms with Crippen molar-refractivity contribution < 1.29 is 29.4 Å². The molecule has 4 aromatic rings. The fraction of sp³-hybridized carbons (Fsp3) is 0.152. The van der Waals surface area contributed by atoms with Crippen LogP contribution >= 0.6 is 0 Å². The number of fused-ring (bicyclic) bond motifs is 1. The van der Waals surface area contributed by atoms with Crippen LogP contribution in [0.3, 0.4) is 0 Å². The van der Waals surface area contributed by atoms with Crippen LogP contribution in [0.4, 0.5) is 17.1 Å². The lowest BCUT2D eigenvalue weighted by atomic mass is 10.0. The van der Waals surface area contributed by atoms with Gasteiger partial charge in [0.05, 0.1) is 22.5 Å². The second-order valence-electron chi connectivity index (χ2n) is 9.82. The highest BCUT2D eigenvalue weighted by Crippen LogP contribution is 2.29. The molecule has 9 heteroatoms. The van der Waals surface area contributed by atoms with Gasteiger partial charge in [0.15, 0.2) is 0 Å². The fourth-order valence-electron chi connectivity index (χ4n) is 4.53. The predicted molar refractivity (Wildman–Crippen MR) is 162 cm³/mol. The lowest BCUT2D eigenvalue weighted by molar-refractivity contribution is 0.0695. The molecule has 9 nitrogen and oxygen atoms in total. The number of carbonyl (C=O) groups excluding carboxylic acids is 2. The predicted octanol–water partition coefficient (Wildman–Crippen LogP) is 6.02. The van der Waals surface area contributed by atoms with E-state index in [0.717, 1.165) is 28.6 Å². The molecule has 42 heavy (non-hydrogen) atoms. The van der Waals surface area contributed by atoms with Gasteiger partial charge in [-0.25, -0.2) is 9.59 Å². The third kappa shape index (κ3) is 6.64. The Morgan fingerprint density at radius 3 is 2.12 bits per heavy atom. The number of aryl methyl sites for hydroxylation is 2. The third-order valence-corrected chi connectivity index (χ3v) is 7.04. The number of nitrogens with zero attached hydrogens (tertiary/aromatic N) is 1. The molecule has 1 aliphatic heterocycles. The van der Waals surface area contributed by atoms with Crippen LogP contribution < -0.4 is 15.5 Å². The first kappa shape index (κ1) is 29.5. The first-order valence-corrected chi connectivity index (χ1v) is 13.3. The highest BCUT2D eigenvalue weighted by Gasteiger charge is 2.23. The van der Waals surface area contributed by atoms with E-state index in [1.165, 1.54) is 12.1 Å². The molecule has 4 aromatic carbocycles. The summed E-state index contributed by atoms with van der Waals surface area (Å²) < 4.78 is 0. The second kappa shape index (κ2) is 12.8. The summed E-state index contributed by atoms with van der Waals surface area (Å²) in [6.45, 7) is 6.88. The van der Waals surface area contributed by atoms with Gasteiger partial charge < -0.3 is 25.7 Å². The zero-order chi connectivity index (χ0) is 30.4. The van der Waals surface area contributed by atoms with Crippen LogP contribution in [0.1, 0.15) is 58.1 Å². The van der Waals surface area contributed by atoms with Crippen LogP contribution in [0.5, 0.6) is 0 Å². The molecule has 0 unspecified atom stereocenters. The summed E-state index contributed by atoms with van der Waals surface area (Å²) in [6, 6.07) is 24.5. The molecule has 0 bridgehead atoms. The Balaban J connectivity index is 0.000000262. The summed E-state index contributed by atoms with van der Waals surface area (Å²) in [6.07, 6.45) is 0. The van der Waals surface area contributed by atoms with E-state index in [-0.39, 0.29) is 22.9 Å². The van der Waals surface area contributed by atoms with Crippen molar-refractivity contribution in [3.63, 3.8) is 0 Å². The van der Waals surface area contributed by atoms with Gasteiger partial charge in [0, 0.05) is 29.9 Å². The topological polar surface area (TPSA) is 136 Å². The van der Waals surface area contributed by atoms with Gasteiger partial charge in [0.1, 0.15) is 0 Å². The molecule has 0 saturated carbocycles. The van der Waals surface area contributed by atoms with E-state index in [2.05, 4.69) is 10.6 Å². The van der Waals surface area contributed by atoms with Crippen molar-refractivity contribution in [3.05, 3.63) is 124 Å².